The number of amides is 1. The van der Waals surface area contributed by atoms with Gasteiger partial charge >= 0.3 is 0 Å². The molecule has 5 heterocycles. The Morgan fingerprint density at radius 2 is 1.86 bits per heavy atom. The van der Waals surface area contributed by atoms with E-state index in [9.17, 15) is 13.2 Å². The van der Waals surface area contributed by atoms with Gasteiger partial charge in [-0.3, -0.25) is 4.79 Å². The highest BCUT2D eigenvalue weighted by Crippen LogP contribution is 2.40. The lowest BCUT2D eigenvalue weighted by Gasteiger charge is -2.34. The number of sulfonamides is 1. The Hall–Kier alpha value is -3.47. The number of anilines is 2. The van der Waals surface area contributed by atoms with Gasteiger partial charge in [0.05, 0.1) is 17.9 Å². The number of ether oxygens (including phenoxy) is 1. The molecule has 10 nitrogen and oxygen atoms in total. The summed E-state index contributed by atoms with van der Waals surface area (Å²) >= 11 is 0. The first-order valence-corrected chi connectivity index (χ1v) is 16.8. The van der Waals surface area contributed by atoms with E-state index in [0.29, 0.717) is 66.6 Å². The average Bonchev–Trinajstić information content (AvgIpc) is 3.53. The maximum Gasteiger partial charge on any atom is 0.281 e. The first kappa shape index (κ1) is 31.0. The van der Waals surface area contributed by atoms with Crippen molar-refractivity contribution >= 4 is 33.5 Å². The summed E-state index contributed by atoms with van der Waals surface area (Å²) in [6.07, 6.45) is 6.64. The smallest absolute Gasteiger partial charge is 0.281 e. The third kappa shape index (κ3) is 6.87. The number of pyridine rings is 2. The number of carbonyl (C=O) groups is 1. The summed E-state index contributed by atoms with van der Waals surface area (Å²) in [5.41, 5.74) is 0.584. The molecular formula is C32H44N6O4S. The number of nitrogens with zero attached hydrogens (tertiary/aromatic N) is 4. The van der Waals surface area contributed by atoms with E-state index in [4.69, 9.17) is 14.7 Å². The second-order valence-electron chi connectivity index (χ2n) is 13.2. The Balaban J connectivity index is 1.48. The molecule has 4 bridgehead atoms. The van der Waals surface area contributed by atoms with Gasteiger partial charge in [0.15, 0.2) is 5.03 Å². The molecule has 11 heteroatoms. The molecule has 0 aromatic carbocycles. The van der Waals surface area contributed by atoms with Crippen molar-refractivity contribution in [3.63, 3.8) is 0 Å². The topological polar surface area (TPSA) is 126 Å². The SMILES string of the molecule is CC(C)C(COC1=NC(c2ccc3c(n2)N2CC(CCCNc4cccc(n4)S(=O)(=O)NC3=O)CC2(C)C)C=C1)C(C)C. The van der Waals surface area contributed by atoms with E-state index < -0.39 is 15.9 Å². The van der Waals surface area contributed by atoms with Gasteiger partial charge < -0.3 is 15.0 Å². The highest BCUT2D eigenvalue weighted by Gasteiger charge is 2.41. The fourth-order valence-corrected chi connectivity index (χ4v) is 7.38. The summed E-state index contributed by atoms with van der Waals surface area (Å²) in [6.45, 7) is 15.1. The van der Waals surface area contributed by atoms with Crippen molar-refractivity contribution in [3.8, 4) is 0 Å². The minimum atomic E-state index is -4.22. The van der Waals surface area contributed by atoms with E-state index in [-0.39, 0.29) is 22.2 Å². The first-order chi connectivity index (χ1) is 20.3. The van der Waals surface area contributed by atoms with Crippen LogP contribution in [0.25, 0.3) is 0 Å². The zero-order chi connectivity index (χ0) is 30.9. The van der Waals surface area contributed by atoms with Crippen molar-refractivity contribution in [2.45, 2.75) is 77.4 Å². The summed E-state index contributed by atoms with van der Waals surface area (Å²) < 4.78 is 34.8. The van der Waals surface area contributed by atoms with Gasteiger partial charge in [-0.05, 0) is 93.2 Å². The highest BCUT2D eigenvalue weighted by atomic mass is 32.2. The summed E-state index contributed by atoms with van der Waals surface area (Å²) in [6, 6.07) is 7.76. The molecule has 2 unspecified atom stereocenters. The van der Waals surface area contributed by atoms with Crippen molar-refractivity contribution in [1.29, 1.82) is 0 Å². The standard InChI is InChI=1S/C32H44N6O4S/c1-20(2)24(21(3)4)19-42-28-15-14-25(34-28)26-13-12-23-30(35-26)38-18-22(17-32(38,5)6)9-8-16-33-27-10-7-11-29(36-27)43(40,41)37-31(23)39/h7,10-15,20-22,24-25H,8-9,16-19H2,1-6H3,(H,33,36)(H,37,39). The Bertz CT molecular complexity index is 1510. The van der Waals surface area contributed by atoms with Gasteiger partial charge in [0, 0.05) is 18.6 Å². The molecule has 2 N–H and O–H groups in total. The van der Waals surface area contributed by atoms with E-state index in [0.717, 1.165) is 19.3 Å². The number of fused-ring (bicyclic) bond motifs is 6. The number of aliphatic imine (C=N–C) groups is 1. The van der Waals surface area contributed by atoms with Crippen molar-refractivity contribution < 1.29 is 17.9 Å². The summed E-state index contributed by atoms with van der Waals surface area (Å²) in [5.74, 6) is 2.55. The van der Waals surface area contributed by atoms with E-state index in [2.05, 4.69) is 61.5 Å². The highest BCUT2D eigenvalue weighted by molar-refractivity contribution is 7.90. The molecule has 43 heavy (non-hydrogen) atoms. The van der Waals surface area contributed by atoms with Crippen LogP contribution in [0.1, 0.15) is 82.9 Å². The first-order valence-electron chi connectivity index (χ1n) is 15.3. The van der Waals surface area contributed by atoms with Crippen LogP contribution in [0.3, 0.4) is 0 Å². The van der Waals surface area contributed by atoms with Crippen LogP contribution in [0.15, 0.2) is 52.5 Å². The summed E-state index contributed by atoms with van der Waals surface area (Å²) in [4.78, 5) is 29.8. The molecule has 1 fully saturated rings. The largest absolute Gasteiger partial charge is 0.478 e. The van der Waals surface area contributed by atoms with Crippen LogP contribution >= 0.6 is 0 Å². The molecule has 2 aromatic rings. The molecule has 3 aliphatic rings. The van der Waals surface area contributed by atoms with Crippen LogP contribution in [-0.2, 0) is 14.8 Å². The van der Waals surface area contributed by atoms with Crippen molar-refractivity contribution in [2.24, 2.45) is 28.7 Å². The van der Waals surface area contributed by atoms with E-state index >= 15 is 0 Å². The molecule has 0 aliphatic carbocycles. The van der Waals surface area contributed by atoms with Gasteiger partial charge in [0.1, 0.15) is 17.7 Å². The molecule has 1 amide bonds. The predicted molar refractivity (Wildman–Crippen MR) is 169 cm³/mol. The minimum Gasteiger partial charge on any atom is -0.478 e. The van der Waals surface area contributed by atoms with Gasteiger partial charge in [0.2, 0.25) is 5.90 Å². The lowest BCUT2D eigenvalue weighted by atomic mass is 9.86. The Kier molecular flexibility index (Phi) is 8.83. The van der Waals surface area contributed by atoms with Gasteiger partial charge in [-0.2, -0.15) is 8.42 Å². The van der Waals surface area contributed by atoms with Crippen LogP contribution in [0.4, 0.5) is 11.6 Å². The van der Waals surface area contributed by atoms with Gasteiger partial charge in [0.25, 0.3) is 15.9 Å². The van der Waals surface area contributed by atoms with Crippen molar-refractivity contribution in [1.82, 2.24) is 14.7 Å². The second-order valence-corrected chi connectivity index (χ2v) is 14.8. The molecule has 0 saturated carbocycles. The molecule has 5 rings (SSSR count). The molecule has 1 saturated heterocycles. The predicted octanol–water partition coefficient (Wildman–Crippen LogP) is 5.36. The van der Waals surface area contributed by atoms with E-state index in [1.807, 2.05) is 12.2 Å². The van der Waals surface area contributed by atoms with Gasteiger partial charge in [-0.1, -0.05) is 33.8 Å². The quantitative estimate of drug-likeness (QED) is 0.465. The Morgan fingerprint density at radius 1 is 1.09 bits per heavy atom. The summed E-state index contributed by atoms with van der Waals surface area (Å²) in [7, 11) is -4.22. The van der Waals surface area contributed by atoms with E-state index in [1.165, 1.54) is 6.07 Å². The fourth-order valence-electron chi connectivity index (χ4n) is 6.45. The lowest BCUT2D eigenvalue weighted by molar-refractivity contribution is 0.0981. The van der Waals surface area contributed by atoms with Crippen LogP contribution in [-0.4, -0.2) is 55.4 Å². The van der Waals surface area contributed by atoms with Crippen LogP contribution < -0.4 is 14.9 Å². The second kappa shape index (κ2) is 12.3. The Morgan fingerprint density at radius 3 is 2.60 bits per heavy atom. The number of nitrogens with one attached hydrogen (secondary N) is 2. The summed E-state index contributed by atoms with van der Waals surface area (Å²) in [5, 5.41) is 3.01. The maximum atomic E-state index is 13.6. The zero-order valence-electron chi connectivity index (χ0n) is 26.0. The number of carbonyl (C=O) groups excluding carboxylic acids is 1. The maximum absolute atomic E-state index is 13.6. The fraction of sp³-hybridized carbons (Fsp3) is 0.562. The van der Waals surface area contributed by atoms with Crippen LogP contribution in [0.2, 0.25) is 0 Å². The van der Waals surface area contributed by atoms with Crippen molar-refractivity contribution in [3.05, 3.63) is 53.7 Å². The molecule has 3 aliphatic heterocycles. The lowest BCUT2D eigenvalue weighted by Crippen LogP contribution is -2.41. The monoisotopic (exact) mass is 608 g/mol. The molecular weight excluding hydrogens is 564 g/mol. The number of aromatic nitrogens is 2. The van der Waals surface area contributed by atoms with Crippen LogP contribution in [0, 0.1) is 23.7 Å². The third-order valence-electron chi connectivity index (χ3n) is 8.80. The van der Waals surface area contributed by atoms with Gasteiger partial charge in [-0.25, -0.2) is 19.7 Å². The molecule has 0 spiro atoms. The molecule has 0 radical (unpaired) electrons. The number of hydrogen-bond acceptors (Lipinski definition) is 9. The van der Waals surface area contributed by atoms with Crippen LogP contribution in [0.5, 0.6) is 0 Å². The molecule has 2 aromatic heterocycles. The normalized spacial score (nSPS) is 23.0. The molecule has 232 valence electrons. The minimum absolute atomic E-state index is 0.198. The average molecular weight is 609 g/mol. The van der Waals surface area contributed by atoms with E-state index in [1.54, 1.807) is 24.3 Å². The number of rotatable bonds is 5. The third-order valence-corrected chi connectivity index (χ3v) is 10.0. The zero-order valence-corrected chi connectivity index (χ0v) is 26.8. The van der Waals surface area contributed by atoms with Gasteiger partial charge in [-0.15, -0.1) is 0 Å². The Labute approximate surface area is 255 Å². The number of hydrogen-bond donors (Lipinski definition) is 2. The van der Waals surface area contributed by atoms with Crippen molar-refractivity contribution in [2.75, 3.05) is 29.9 Å². The molecule has 2 atom stereocenters.